The summed E-state index contributed by atoms with van der Waals surface area (Å²) >= 11 is 1.49. The van der Waals surface area contributed by atoms with Crippen molar-refractivity contribution in [2.75, 3.05) is 33.2 Å². The second kappa shape index (κ2) is 15.8. The van der Waals surface area contributed by atoms with E-state index in [1.165, 1.54) is 49.8 Å². The van der Waals surface area contributed by atoms with Crippen molar-refractivity contribution in [1.82, 2.24) is 34.1 Å². The van der Waals surface area contributed by atoms with E-state index in [0.717, 1.165) is 77.5 Å². The van der Waals surface area contributed by atoms with Crippen LogP contribution in [0.2, 0.25) is 0 Å². The maximum Gasteiger partial charge on any atom is 0.277 e. The van der Waals surface area contributed by atoms with Gasteiger partial charge in [-0.3, -0.25) is 9.69 Å². The minimum Gasteiger partial charge on any atom is -0.316 e. The smallest absolute Gasteiger partial charge is 0.277 e. The number of benzene rings is 3. The lowest BCUT2D eigenvalue weighted by Gasteiger charge is -2.22. The van der Waals surface area contributed by atoms with Gasteiger partial charge in [-0.2, -0.15) is 4.98 Å². The Morgan fingerprint density at radius 3 is 2.14 bits per heavy atom. The molecule has 3 heterocycles. The maximum atomic E-state index is 13.6. The number of fused-ring (bicyclic) bond motifs is 1. The molecule has 2 aliphatic rings. The molecule has 1 aliphatic heterocycles. The summed E-state index contributed by atoms with van der Waals surface area (Å²) in [5.41, 5.74) is 6.52. The summed E-state index contributed by atoms with van der Waals surface area (Å²) in [6.07, 6.45) is 5.01. The average molecular weight is 696 g/mol. The molecule has 260 valence electrons. The maximum absolute atomic E-state index is 13.6. The van der Waals surface area contributed by atoms with Gasteiger partial charge in [-0.25, -0.2) is 8.78 Å². The van der Waals surface area contributed by atoms with Crippen LogP contribution < -0.4 is 5.56 Å². The van der Waals surface area contributed by atoms with Crippen molar-refractivity contribution in [2.24, 2.45) is 0 Å². The van der Waals surface area contributed by atoms with Crippen LogP contribution in [0.25, 0.3) is 11.1 Å². The monoisotopic (exact) mass is 695 g/mol. The fourth-order valence-electron chi connectivity index (χ4n) is 6.93. The van der Waals surface area contributed by atoms with Gasteiger partial charge in [0.1, 0.15) is 18.3 Å². The minimum absolute atomic E-state index is 0.156. The number of hydrogen-bond donors (Lipinski definition) is 0. The first-order chi connectivity index (χ1) is 24.4. The topological polar surface area (TPSA) is 72.1 Å². The van der Waals surface area contributed by atoms with Crippen molar-refractivity contribution in [1.29, 1.82) is 0 Å². The minimum atomic E-state index is -0.469. The van der Waals surface area contributed by atoms with Gasteiger partial charge in [0, 0.05) is 30.1 Å². The Hall–Kier alpha value is -4.19. The summed E-state index contributed by atoms with van der Waals surface area (Å²) in [6.45, 7) is 5.54. The Kier molecular flexibility index (Phi) is 10.8. The van der Waals surface area contributed by atoms with Crippen LogP contribution in [0, 0.1) is 5.82 Å². The molecule has 2 aromatic heterocycles. The van der Waals surface area contributed by atoms with Gasteiger partial charge in [0.25, 0.3) is 5.56 Å². The zero-order valence-corrected chi connectivity index (χ0v) is 29.3. The lowest BCUT2D eigenvalue weighted by atomic mass is 10.0. The van der Waals surface area contributed by atoms with Crippen LogP contribution in [0.1, 0.15) is 58.9 Å². The quantitative estimate of drug-likeness (QED) is 0.0969. The van der Waals surface area contributed by atoms with Crippen LogP contribution in [-0.2, 0) is 44.9 Å². The Bertz CT molecular complexity index is 1950. The van der Waals surface area contributed by atoms with Gasteiger partial charge in [0.15, 0.2) is 11.0 Å². The van der Waals surface area contributed by atoms with Crippen LogP contribution in [0.15, 0.2) is 82.7 Å². The second-order valence-electron chi connectivity index (χ2n) is 13.4. The number of nitrogens with zero attached hydrogens (tertiary/aromatic N) is 7. The van der Waals surface area contributed by atoms with E-state index in [-0.39, 0.29) is 11.4 Å². The van der Waals surface area contributed by atoms with Gasteiger partial charge < -0.3 is 14.0 Å². The molecule has 1 aliphatic carbocycles. The van der Waals surface area contributed by atoms with E-state index >= 15 is 0 Å². The highest BCUT2D eigenvalue weighted by atomic mass is 32.2. The fraction of sp³-hybridized carbons (Fsp3) is 0.385. The van der Waals surface area contributed by atoms with E-state index in [1.807, 2.05) is 24.3 Å². The summed E-state index contributed by atoms with van der Waals surface area (Å²) in [7, 11) is 2.14. The first-order valence-corrected chi connectivity index (χ1v) is 18.5. The molecule has 0 radical (unpaired) electrons. The van der Waals surface area contributed by atoms with Gasteiger partial charge in [-0.1, -0.05) is 72.4 Å². The van der Waals surface area contributed by atoms with Gasteiger partial charge in [0.2, 0.25) is 0 Å². The molecule has 0 bridgehead atoms. The average Bonchev–Trinajstić information content (AvgIpc) is 3.92. The first kappa shape index (κ1) is 34.3. The highest BCUT2D eigenvalue weighted by molar-refractivity contribution is 7.98. The number of halogens is 2. The van der Waals surface area contributed by atoms with Crippen LogP contribution in [-0.4, -0.2) is 67.3 Å². The van der Waals surface area contributed by atoms with Crippen LogP contribution in [0.5, 0.6) is 0 Å². The molecule has 50 heavy (non-hydrogen) atoms. The molecule has 0 unspecified atom stereocenters. The summed E-state index contributed by atoms with van der Waals surface area (Å²) in [4.78, 5) is 22.5. The molecule has 1 fully saturated rings. The second-order valence-corrected chi connectivity index (χ2v) is 14.4. The highest BCUT2D eigenvalue weighted by Gasteiger charge is 2.24. The predicted molar refractivity (Wildman–Crippen MR) is 193 cm³/mol. The van der Waals surface area contributed by atoms with Crippen molar-refractivity contribution >= 4 is 11.8 Å². The van der Waals surface area contributed by atoms with E-state index in [9.17, 15) is 13.6 Å². The molecule has 0 N–H and O–H groups in total. The Labute approximate surface area is 296 Å². The summed E-state index contributed by atoms with van der Waals surface area (Å²) < 4.78 is 31.0. The zero-order valence-electron chi connectivity index (χ0n) is 28.5. The van der Waals surface area contributed by atoms with Crippen LogP contribution in [0.4, 0.5) is 8.78 Å². The van der Waals surface area contributed by atoms with E-state index in [2.05, 4.69) is 55.2 Å². The summed E-state index contributed by atoms with van der Waals surface area (Å²) in [6, 6.07) is 22.5. The molecule has 0 spiro atoms. The molecule has 8 nitrogen and oxygen atoms in total. The number of likely N-dealkylation sites (N-methyl/N-ethyl adjacent to an activating group) is 1. The number of rotatable bonds is 14. The molecule has 0 atom stereocenters. The van der Waals surface area contributed by atoms with Gasteiger partial charge >= 0.3 is 0 Å². The Balaban J connectivity index is 1.18. The van der Waals surface area contributed by atoms with Crippen LogP contribution in [0.3, 0.4) is 0 Å². The number of likely N-dealkylation sites (tertiary alicyclic amines) is 1. The Morgan fingerprint density at radius 2 is 1.44 bits per heavy atom. The molecule has 5 aromatic rings. The fourth-order valence-corrected chi connectivity index (χ4v) is 7.89. The molecular weight excluding hydrogens is 653 g/mol. The molecular formula is C39H43F2N7OS. The van der Waals surface area contributed by atoms with Crippen molar-refractivity contribution in [3.05, 3.63) is 129 Å². The third-order valence-electron chi connectivity index (χ3n) is 9.83. The third kappa shape index (κ3) is 8.06. The molecule has 1 saturated heterocycles. The van der Waals surface area contributed by atoms with E-state index in [4.69, 9.17) is 10.2 Å². The number of hydrogen-bond acceptors (Lipinski definition) is 7. The molecule has 0 saturated carbocycles. The zero-order chi connectivity index (χ0) is 34.5. The van der Waals surface area contributed by atoms with Crippen molar-refractivity contribution < 1.29 is 8.78 Å². The highest BCUT2D eigenvalue weighted by Crippen LogP contribution is 2.28. The first-order valence-electron chi connectivity index (χ1n) is 17.5. The van der Waals surface area contributed by atoms with Gasteiger partial charge in [0.05, 0.1) is 19.6 Å². The molecule has 0 amide bonds. The van der Waals surface area contributed by atoms with Crippen molar-refractivity contribution in [3.8, 4) is 11.1 Å². The van der Waals surface area contributed by atoms with Crippen molar-refractivity contribution in [3.63, 3.8) is 0 Å². The summed E-state index contributed by atoms with van der Waals surface area (Å²) in [5, 5.41) is 10.1. The lowest BCUT2D eigenvalue weighted by Crippen LogP contribution is -2.32. The normalized spacial score (nSPS) is 14.6. The van der Waals surface area contributed by atoms with Gasteiger partial charge in [-0.15, -0.1) is 10.2 Å². The number of alkyl halides is 1. The largest absolute Gasteiger partial charge is 0.316 e. The van der Waals surface area contributed by atoms with E-state index in [0.29, 0.717) is 36.1 Å². The SMILES string of the molecule is CN(CCN1CCCC1)Cc1nnc(Cn2c(SCc3ccc(F)cc3)nc(=O)c3c2CCC3)n1Cc1ccc(-c2ccc(CF)cc2)cc1. The molecule has 11 heteroatoms. The molecule has 7 rings (SSSR count). The van der Waals surface area contributed by atoms with E-state index in [1.54, 1.807) is 12.1 Å². The van der Waals surface area contributed by atoms with Crippen molar-refractivity contribution in [2.45, 2.75) is 69.3 Å². The Morgan fingerprint density at radius 1 is 0.780 bits per heavy atom. The number of thioether (sulfide) groups is 1. The standard InChI is InChI=1S/C39H43F2N7OS/c1-45(21-22-46-19-2-3-20-46)25-36-43-44-37(48(36)24-29-9-15-32(16-10-29)31-13-7-28(23-40)8-14-31)26-47-35-6-4-5-34(35)38(49)42-39(47)50-27-30-11-17-33(41)18-12-30/h7-18H,2-6,19-27H2,1H3. The number of aromatic nitrogens is 5. The predicted octanol–water partition coefficient (Wildman–Crippen LogP) is 6.52. The summed E-state index contributed by atoms with van der Waals surface area (Å²) in [5.74, 6) is 1.99. The van der Waals surface area contributed by atoms with E-state index < -0.39 is 6.67 Å². The molecule has 3 aromatic carbocycles. The van der Waals surface area contributed by atoms with Crippen LogP contribution >= 0.6 is 11.8 Å². The lowest BCUT2D eigenvalue weighted by molar-refractivity contribution is 0.246. The third-order valence-corrected chi connectivity index (χ3v) is 10.9. The van der Waals surface area contributed by atoms with Gasteiger partial charge in [-0.05, 0) is 92.2 Å².